The number of nitrogens with zero attached hydrogens (tertiary/aromatic N) is 1. The third-order valence-corrected chi connectivity index (χ3v) is 4.86. The number of fused-ring (bicyclic) bond motifs is 2. The number of hydrogen-bond donors (Lipinski definition) is 1. The first-order valence-electron chi connectivity index (χ1n) is 7.24. The summed E-state index contributed by atoms with van der Waals surface area (Å²) >= 11 is 7.40. The molecule has 1 amide bonds. The van der Waals surface area contributed by atoms with Crippen LogP contribution in [0.3, 0.4) is 0 Å². The lowest BCUT2D eigenvalue weighted by atomic mass is 10.1. The van der Waals surface area contributed by atoms with Crippen molar-refractivity contribution in [1.82, 2.24) is 4.98 Å². The molecule has 3 aromatic rings. The van der Waals surface area contributed by atoms with Crippen molar-refractivity contribution in [3.63, 3.8) is 0 Å². The minimum Gasteiger partial charge on any atom is -0.431 e. The SMILES string of the molecule is O=C1Cc2cc(C(=O)CSc3nc4ccccc4o3)c(Cl)cc2N1. The highest BCUT2D eigenvalue weighted by atomic mass is 35.5. The number of nitrogens with one attached hydrogen (secondary N) is 1. The molecule has 1 aromatic heterocycles. The Morgan fingerprint density at radius 3 is 3.00 bits per heavy atom. The van der Waals surface area contributed by atoms with Crippen LogP contribution in [-0.2, 0) is 11.2 Å². The summed E-state index contributed by atoms with van der Waals surface area (Å²) in [6, 6.07) is 10.7. The normalized spacial score (nSPS) is 13.1. The van der Waals surface area contributed by atoms with Gasteiger partial charge in [-0.05, 0) is 29.8 Å². The van der Waals surface area contributed by atoms with E-state index in [4.69, 9.17) is 16.0 Å². The second-order valence-corrected chi connectivity index (χ2v) is 6.71. The van der Waals surface area contributed by atoms with Crippen molar-refractivity contribution in [3.05, 3.63) is 52.5 Å². The van der Waals surface area contributed by atoms with E-state index in [1.54, 1.807) is 12.1 Å². The summed E-state index contributed by atoms with van der Waals surface area (Å²) in [6.45, 7) is 0. The Labute approximate surface area is 146 Å². The van der Waals surface area contributed by atoms with Crippen LogP contribution in [0.2, 0.25) is 5.02 Å². The van der Waals surface area contributed by atoms with Crippen molar-refractivity contribution < 1.29 is 14.0 Å². The van der Waals surface area contributed by atoms with E-state index in [9.17, 15) is 9.59 Å². The lowest BCUT2D eigenvalue weighted by Gasteiger charge is -2.06. The lowest BCUT2D eigenvalue weighted by Crippen LogP contribution is -2.04. The molecular weight excluding hydrogens is 348 g/mol. The summed E-state index contributed by atoms with van der Waals surface area (Å²) in [7, 11) is 0. The monoisotopic (exact) mass is 358 g/mol. The number of hydrogen-bond acceptors (Lipinski definition) is 5. The van der Waals surface area contributed by atoms with Crippen LogP contribution in [0.25, 0.3) is 11.1 Å². The first-order chi connectivity index (χ1) is 11.6. The van der Waals surface area contributed by atoms with E-state index in [1.807, 2.05) is 24.3 Å². The smallest absolute Gasteiger partial charge is 0.257 e. The van der Waals surface area contributed by atoms with Gasteiger partial charge in [0.15, 0.2) is 11.4 Å². The average Bonchev–Trinajstić information content (AvgIpc) is 3.13. The topological polar surface area (TPSA) is 72.2 Å². The van der Waals surface area contributed by atoms with E-state index >= 15 is 0 Å². The number of anilines is 1. The van der Waals surface area contributed by atoms with Crippen molar-refractivity contribution in [3.8, 4) is 0 Å². The molecule has 2 aromatic carbocycles. The zero-order chi connectivity index (χ0) is 16.7. The summed E-state index contributed by atoms with van der Waals surface area (Å²) < 4.78 is 5.58. The van der Waals surface area contributed by atoms with Crippen LogP contribution in [0.5, 0.6) is 0 Å². The molecule has 0 saturated carbocycles. The molecule has 7 heteroatoms. The van der Waals surface area contributed by atoms with Crippen molar-refractivity contribution in [1.29, 1.82) is 0 Å². The second-order valence-electron chi connectivity index (χ2n) is 5.37. The number of thioether (sulfide) groups is 1. The number of carbonyl (C=O) groups is 2. The Hall–Kier alpha value is -2.31. The summed E-state index contributed by atoms with van der Waals surface area (Å²) in [5.41, 5.74) is 3.32. The van der Waals surface area contributed by atoms with Crippen LogP contribution in [-0.4, -0.2) is 22.4 Å². The van der Waals surface area contributed by atoms with Crippen LogP contribution >= 0.6 is 23.4 Å². The van der Waals surface area contributed by atoms with Crippen LogP contribution in [0.15, 0.2) is 46.0 Å². The fourth-order valence-electron chi connectivity index (χ4n) is 2.58. The second kappa shape index (κ2) is 5.96. The molecule has 120 valence electrons. The maximum atomic E-state index is 12.5. The molecule has 0 fully saturated rings. The maximum absolute atomic E-state index is 12.5. The van der Waals surface area contributed by atoms with Crippen molar-refractivity contribution >= 4 is 51.8 Å². The maximum Gasteiger partial charge on any atom is 0.257 e. The number of para-hydroxylation sites is 2. The van der Waals surface area contributed by atoms with Crippen molar-refractivity contribution in [2.24, 2.45) is 0 Å². The summed E-state index contributed by atoms with van der Waals surface area (Å²) in [4.78, 5) is 28.2. The van der Waals surface area contributed by atoms with Gasteiger partial charge in [0.25, 0.3) is 5.22 Å². The van der Waals surface area contributed by atoms with Gasteiger partial charge in [-0.2, -0.15) is 0 Å². The molecule has 0 aliphatic carbocycles. The van der Waals surface area contributed by atoms with Gasteiger partial charge in [0, 0.05) is 11.3 Å². The van der Waals surface area contributed by atoms with Gasteiger partial charge < -0.3 is 9.73 Å². The molecule has 0 spiro atoms. The first-order valence-corrected chi connectivity index (χ1v) is 8.60. The highest BCUT2D eigenvalue weighted by molar-refractivity contribution is 7.99. The number of rotatable bonds is 4. The Bertz CT molecular complexity index is 950. The zero-order valence-corrected chi connectivity index (χ0v) is 13.9. The number of Topliss-reactive ketones (excluding diaryl/α,β-unsaturated/α-hetero) is 1. The zero-order valence-electron chi connectivity index (χ0n) is 12.3. The predicted octanol–water partition coefficient (Wildman–Crippen LogP) is 3.95. The largest absolute Gasteiger partial charge is 0.431 e. The molecule has 1 aliphatic rings. The minimum atomic E-state index is -0.130. The van der Waals surface area contributed by atoms with Crippen LogP contribution in [0.1, 0.15) is 15.9 Å². The number of carbonyl (C=O) groups excluding carboxylic acids is 2. The Kier molecular flexibility index (Phi) is 3.78. The molecular formula is C17H11ClN2O3S. The number of oxazole rings is 1. The van der Waals surface area contributed by atoms with E-state index in [2.05, 4.69) is 10.3 Å². The molecule has 4 rings (SSSR count). The van der Waals surface area contributed by atoms with Crippen LogP contribution in [0, 0.1) is 0 Å². The van der Waals surface area contributed by atoms with E-state index in [0.29, 0.717) is 27.1 Å². The Balaban J connectivity index is 1.52. The van der Waals surface area contributed by atoms with Gasteiger partial charge in [-0.25, -0.2) is 4.98 Å². The highest BCUT2D eigenvalue weighted by Gasteiger charge is 2.22. The summed E-state index contributed by atoms with van der Waals surface area (Å²) in [5, 5.41) is 3.49. The van der Waals surface area contributed by atoms with Gasteiger partial charge in [-0.1, -0.05) is 35.5 Å². The Morgan fingerprint density at radius 2 is 2.17 bits per heavy atom. The van der Waals surface area contributed by atoms with Gasteiger partial charge in [0.2, 0.25) is 5.91 Å². The molecule has 2 heterocycles. The molecule has 1 N–H and O–H groups in total. The lowest BCUT2D eigenvalue weighted by molar-refractivity contribution is -0.115. The Morgan fingerprint density at radius 1 is 1.33 bits per heavy atom. The van der Waals surface area contributed by atoms with Crippen LogP contribution in [0.4, 0.5) is 5.69 Å². The van der Waals surface area contributed by atoms with E-state index in [-0.39, 0.29) is 23.9 Å². The quantitative estimate of drug-likeness (QED) is 0.564. The number of amides is 1. The fourth-order valence-corrected chi connectivity index (χ4v) is 3.57. The van der Waals surface area contributed by atoms with Crippen molar-refractivity contribution in [2.45, 2.75) is 11.6 Å². The summed E-state index contributed by atoms with van der Waals surface area (Å²) in [5.74, 6) is -0.0619. The van der Waals surface area contributed by atoms with E-state index in [1.165, 1.54) is 11.8 Å². The third-order valence-electron chi connectivity index (χ3n) is 3.72. The number of ketones is 1. The average molecular weight is 359 g/mol. The molecule has 24 heavy (non-hydrogen) atoms. The molecule has 0 atom stereocenters. The summed E-state index contributed by atoms with van der Waals surface area (Å²) in [6.07, 6.45) is 0.269. The first kappa shape index (κ1) is 15.2. The minimum absolute atomic E-state index is 0.0912. The fraction of sp³-hybridized carbons (Fsp3) is 0.118. The van der Waals surface area contributed by atoms with E-state index in [0.717, 1.165) is 11.1 Å². The molecule has 0 unspecified atom stereocenters. The predicted molar refractivity (Wildman–Crippen MR) is 92.8 cm³/mol. The van der Waals surface area contributed by atoms with Gasteiger partial charge in [0.05, 0.1) is 17.2 Å². The molecule has 0 bridgehead atoms. The molecule has 5 nitrogen and oxygen atoms in total. The highest BCUT2D eigenvalue weighted by Crippen LogP contribution is 2.31. The number of halogens is 1. The van der Waals surface area contributed by atoms with E-state index < -0.39 is 0 Å². The third kappa shape index (κ3) is 2.79. The molecule has 0 radical (unpaired) electrons. The van der Waals surface area contributed by atoms with Gasteiger partial charge in [-0.3, -0.25) is 9.59 Å². The van der Waals surface area contributed by atoms with Gasteiger partial charge in [-0.15, -0.1) is 0 Å². The van der Waals surface area contributed by atoms with Gasteiger partial charge in [0.1, 0.15) is 5.52 Å². The van der Waals surface area contributed by atoms with Crippen molar-refractivity contribution in [2.75, 3.05) is 11.1 Å². The molecule has 1 aliphatic heterocycles. The van der Waals surface area contributed by atoms with Crippen LogP contribution < -0.4 is 5.32 Å². The number of benzene rings is 2. The molecule has 0 saturated heterocycles. The standard InChI is InChI=1S/C17H11ClN2O3S/c18-11-7-13-9(6-16(22)19-13)5-10(11)14(21)8-24-17-20-12-3-1-2-4-15(12)23-17/h1-5,7H,6,8H2,(H,19,22). The van der Waals surface area contributed by atoms with Gasteiger partial charge >= 0.3 is 0 Å². The number of aromatic nitrogens is 1.